The number of benzene rings is 1. The first-order valence-electron chi connectivity index (χ1n) is 7.05. The molecule has 1 saturated carbocycles. The number of anilines is 1. The minimum Gasteiger partial charge on any atom is -0.354 e. The normalized spacial score (nSPS) is 15.5. The van der Waals surface area contributed by atoms with Gasteiger partial charge in [-0.3, -0.25) is 9.59 Å². The summed E-state index contributed by atoms with van der Waals surface area (Å²) in [5, 5.41) is 6.37. The van der Waals surface area contributed by atoms with Gasteiger partial charge in [0.05, 0.1) is 10.7 Å². The molecule has 1 aromatic carbocycles. The fraction of sp³-hybridized carbons (Fsp3) is 0.467. The Morgan fingerprint density at radius 3 is 2.45 bits per heavy atom. The van der Waals surface area contributed by atoms with Crippen LogP contribution in [0.25, 0.3) is 0 Å². The van der Waals surface area contributed by atoms with E-state index in [1.165, 1.54) is 0 Å². The molecule has 0 heterocycles. The molecule has 1 fully saturated rings. The number of hydrogen-bond acceptors (Lipinski definition) is 3. The van der Waals surface area contributed by atoms with Crippen LogP contribution in [0.15, 0.2) is 18.2 Å². The molecular formula is C15H19Cl2N3O2. The molecule has 5 nitrogen and oxygen atoms in total. The van der Waals surface area contributed by atoms with Gasteiger partial charge in [-0.2, -0.15) is 0 Å². The van der Waals surface area contributed by atoms with E-state index >= 15 is 0 Å². The van der Waals surface area contributed by atoms with Crippen molar-refractivity contribution in [1.29, 1.82) is 0 Å². The molecule has 2 rings (SSSR count). The standard InChI is InChI=1S/C15H19Cl2N3O2/c1-20(2)8-7-18-13(21)15(5-6-15)14(22)19-12-4-3-10(16)9-11(12)17/h3-4,9H,5-8H2,1-2H3,(H,18,21)(H,19,22). The third-order valence-corrected chi connectivity index (χ3v) is 4.19. The summed E-state index contributed by atoms with van der Waals surface area (Å²) < 4.78 is 0. The minimum atomic E-state index is -0.963. The fourth-order valence-electron chi connectivity index (χ4n) is 2.08. The average molecular weight is 344 g/mol. The van der Waals surface area contributed by atoms with Crippen LogP contribution in [0.1, 0.15) is 12.8 Å². The van der Waals surface area contributed by atoms with Crippen LogP contribution in [0, 0.1) is 5.41 Å². The maximum Gasteiger partial charge on any atom is 0.240 e. The van der Waals surface area contributed by atoms with Crippen molar-refractivity contribution in [3.05, 3.63) is 28.2 Å². The van der Waals surface area contributed by atoms with Crippen LogP contribution >= 0.6 is 23.2 Å². The quantitative estimate of drug-likeness (QED) is 0.779. The molecule has 22 heavy (non-hydrogen) atoms. The first-order valence-corrected chi connectivity index (χ1v) is 7.80. The summed E-state index contributed by atoms with van der Waals surface area (Å²) in [5.41, 5.74) is -0.502. The second-order valence-electron chi connectivity index (χ2n) is 5.72. The number of nitrogens with one attached hydrogen (secondary N) is 2. The van der Waals surface area contributed by atoms with Gasteiger partial charge >= 0.3 is 0 Å². The molecule has 2 N–H and O–H groups in total. The van der Waals surface area contributed by atoms with Crippen molar-refractivity contribution < 1.29 is 9.59 Å². The van der Waals surface area contributed by atoms with E-state index in [1.54, 1.807) is 18.2 Å². The molecule has 0 aliphatic heterocycles. The first kappa shape index (κ1) is 17.1. The van der Waals surface area contributed by atoms with Gasteiger partial charge in [0.25, 0.3) is 0 Å². The first-order chi connectivity index (χ1) is 10.3. The lowest BCUT2D eigenvalue weighted by Crippen LogP contribution is -2.42. The zero-order valence-electron chi connectivity index (χ0n) is 12.6. The highest BCUT2D eigenvalue weighted by molar-refractivity contribution is 6.36. The minimum absolute atomic E-state index is 0.225. The summed E-state index contributed by atoms with van der Waals surface area (Å²) >= 11 is 11.9. The number of carbonyl (C=O) groups is 2. The zero-order valence-corrected chi connectivity index (χ0v) is 14.1. The Morgan fingerprint density at radius 2 is 1.91 bits per heavy atom. The number of amides is 2. The second-order valence-corrected chi connectivity index (χ2v) is 6.56. The van der Waals surface area contributed by atoms with E-state index in [2.05, 4.69) is 10.6 Å². The van der Waals surface area contributed by atoms with Crippen LogP contribution in [-0.2, 0) is 9.59 Å². The summed E-state index contributed by atoms with van der Waals surface area (Å²) in [6.45, 7) is 1.25. The molecule has 1 aliphatic carbocycles. The van der Waals surface area contributed by atoms with Crippen LogP contribution in [-0.4, -0.2) is 43.9 Å². The lowest BCUT2D eigenvalue weighted by molar-refractivity contribution is -0.134. The Kier molecular flexibility index (Phi) is 5.32. The van der Waals surface area contributed by atoms with Crippen LogP contribution in [0.3, 0.4) is 0 Å². The van der Waals surface area contributed by atoms with Crippen molar-refractivity contribution >= 4 is 40.7 Å². The van der Waals surface area contributed by atoms with Crippen molar-refractivity contribution in [3.63, 3.8) is 0 Å². The van der Waals surface area contributed by atoms with E-state index in [1.807, 2.05) is 19.0 Å². The smallest absolute Gasteiger partial charge is 0.240 e. The average Bonchev–Trinajstić information content (AvgIpc) is 3.23. The van der Waals surface area contributed by atoms with Crippen LogP contribution < -0.4 is 10.6 Å². The van der Waals surface area contributed by atoms with E-state index in [0.29, 0.717) is 35.1 Å². The number of carbonyl (C=O) groups excluding carboxylic acids is 2. The van der Waals surface area contributed by atoms with Gasteiger partial charge in [-0.15, -0.1) is 0 Å². The summed E-state index contributed by atoms with van der Waals surface area (Å²) in [7, 11) is 3.85. The Balaban J connectivity index is 1.97. The van der Waals surface area contributed by atoms with E-state index in [9.17, 15) is 9.59 Å². The van der Waals surface area contributed by atoms with E-state index in [0.717, 1.165) is 6.54 Å². The number of hydrogen-bond donors (Lipinski definition) is 2. The Labute approximate surface area is 139 Å². The molecule has 0 unspecified atom stereocenters. The molecule has 0 saturated heterocycles. The molecule has 0 spiro atoms. The van der Waals surface area contributed by atoms with Gasteiger partial charge in [0.1, 0.15) is 5.41 Å². The summed E-state index contributed by atoms with van der Waals surface area (Å²) in [6.07, 6.45) is 1.11. The van der Waals surface area contributed by atoms with Gasteiger partial charge < -0.3 is 15.5 Å². The zero-order chi connectivity index (χ0) is 16.3. The Morgan fingerprint density at radius 1 is 1.23 bits per heavy atom. The predicted molar refractivity (Wildman–Crippen MR) is 88.3 cm³/mol. The number of halogens is 2. The van der Waals surface area contributed by atoms with E-state index in [4.69, 9.17) is 23.2 Å². The SMILES string of the molecule is CN(C)CCNC(=O)C1(C(=O)Nc2ccc(Cl)cc2Cl)CC1. The van der Waals surface area contributed by atoms with Crippen LogP contribution in [0.2, 0.25) is 10.0 Å². The number of nitrogens with zero attached hydrogens (tertiary/aromatic N) is 1. The van der Waals surface area contributed by atoms with Gasteiger partial charge in [0, 0.05) is 18.1 Å². The topological polar surface area (TPSA) is 61.4 Å². The van der Waals surface area contributed by atoms with Crippen molar-refractivity contribution in [1.82, 2.24) is 10.2 Å². The lowest BCUT2D eigenvalue weighted by Gasteiger charge is -2.17. The molecular weight excluding hydrogens is 325 g/mol. The highest BCUT2D eigenvalue weighted by Gasteiger charge is 2.56. The molecule has 7 heteroatoms. The maximum atomic E-state index is 12.4. The molecule has 0 atom stereocenters. The molecule has 120 valence electrons. The number of rotatable bonds is 6. The van der Waals surface area contributed by atoms with Crippen molar-refractivity contribution in [2.24, 2.45) is 5.41 Å². The second kappa shape index (κ2) is 6.86. The van der Waals surface area contributed by atoms with Gasteiger partial charge in [-0.05, 0) is 45.1 Å². The maximum absolute atomic E-state index is 12.4. The van der Waals surface area contributed by atoms with Crippen LogP contribution in [0.5, 0.6) is 0 Å². The van der Waals surface area contributed by atoms with Crippen LogP contribution in [0.4, 0.5) is 5.69 Å². The molecule has 2 amide bonds. The van der Waals surface area contributed by atoms with Gasteiger partial charge in [-0.1, -0.05) is 23.2 Å². The highest BCUT2D eigenvalue weighted by Crippen LogP contribution is 2.47. The molecule has 0 aromatic heterocycles. The van der Waals surface area contributed by atoms with Gasteiger partial charge in [-0.25, -0.2) is 0 Å². The van der Waals surface area contributed by atoms with Crippen molar-refractivity contribution in [2.45, 2.75) is 12.8 Å². The van der Waals surface area contributed by atoms with E-state index < -0.39 is 5.41 Å². The van der Waals surface area contributed by atoms with Crippen molar-refractivity contribution in [2.75, 3.05) is 32.5 Å². The third kappa shape index (κ3) is 3.91. The summed E-state index contributed by atoms with van der Waals surface area (Å²) in [4.78, 5) is 26.6. The summed E-state index contributed by atoms with van der Waals surface area (Å²) in [6, 6.07) is 4.82. The molecule has 1 aromatic rings. The summed E-state index contributed by atoms with van der Waals surface area (Å²) in [5.74, 6) is -0.545. The largest absolute Gasteiger partial charge is 0.354 e. The Bertz CT molecular complexity index is 586. The van der Waals surface area contributed by atoms with Crippen molar-refractivity contribution in [3.8, 4) is 0 Å². The lowest BCUT2D eigenvalue weighted by atomic mass is 10.1. The Hall–Kier alpha value is -1.30. The monoisotopic (exact) mass is 343 g/mol. The van der Waals surface area contributed by atoms with E-state index in [-0.39, 0.29) is 11.8 Å². The fourth-order valence-corrected chi connectivity index (χ4v) is 2.53. The van der Waals surface area contributed by atoms with Gasteiger partial charge in [0.2, 0.25) is 11.8 Å². The third-order valence-electron chi connectivity index (χ3n) is 3.64. The molecule has 0 bridgehead atoms. The number of likely N-dealkylation sites (N-methyl/N-ethyl adjacent to an activating group) is 1. The predicted octanol–water partition coefficient (Wildman–Crippen LogP) is 2.39. The highest BCUT2D eigenvalue weighted by atomic mass is 35.5. The van der Waals surface area contributed by atoms with Gasteiger partial charge in [0.15, 0.2) is 0 Å². The molecule has 1 aliphatic rings. The molecule has 0 radical (unpaired) electrons.